The molecule has 0 aliphatic carbocycles. The van der Waals surface area contributed by atoms with Crippen LogP contribution < -0.4 is 5.32 Å². The Labute approximate surface area is 213 Å². The molecule has 0 saturated heterocycles. The number of carbonyl (C=O) groups excluding carboxylic acids is 1. The highest BCUT2D eigenvalue weighted by atomic mass is 35.5. The molecule has 178 valence electrons. The molecule has 0 radical (unpaired) electrons. The SMILES string of the molecule is O=C(Nc1ccc(Cl)c(-c2ccccn2)c1)c1ccc(S(=O)(=O)CC(O)c2ccccc2)cc1Cl. The standard InChI is InChI=1S/C26H20Cl2N2O4S/c27-22-12-9-18(14-21(22)24-8-4-5-13-29-24)30-26(32)20-11-10-19(15-23(20)28)35(33,34)16-25(31)17-6-2-1-3-7-17/h1-15,25,31H,16H2,(H,30,32). The molecule has 1 amide bonds. The van der Waals surface area contributed by atoms with E-state index in [2.05, 4.69) is 10.3 Å². The molecule has 3 aromatic carbocycles. The van der Waals surface area contributed by atoms with E-state index in [0.29, 0.717) is 27.5 Å². The summed E-state index contributed by atoms with van der Waals surface area (Å²) < 4.78 is 25.6. The van der Waals surface area contributed by atoms with E-state index >= 15 is 0 Å². The predicted molar refractivity (Wildman–Crippen MR) is 138 cm³/mol. The lowest BCUT2D eigenvalue weighted by molar-refractivity contribution is 0.102. The topological polar surface area (TPSA) is 96.4 Å². The number of hydrogen-bond acceptors (Lipinski definition) is 5. The first-order valence-electron chi connectivity index (χ1n) is 10.5. The summed E-state index contributed by atoms with van der Waals surface area (Å²) in [7, 11) is -3.86. The van der Waals surface area contributed by atoms with Crippen LogP contribution in [-0.2, 0) is 9.84 Å². The molecule has 0 aliphatic rings. The minimum atomic E-state index is -3.86. The minimum absolute atomic E-state index is 0.0308. The number of anilines is 1. The van der Waals surface area contributed by atoms with Crippen molar-refractivity contribution in [3.05, 3.63) is 112 Å². The number of amides is 1. The molecular formula is C26H20Cl2N2O4S. The number of halogens is 2. The molecule has 2 N–H and O–H groups in total. The second-order valence-corrected chi connectivity index (χ2v) is 10.6. The van der Waals surface area contributed by atoms with E-state index in [9.17, 15) is 18.3 Å². The van der Waals surface area contributed by atoms with E-state index in [1.807, 2.05) is 6.07 Å². The Balaban J connectivity index is 1.52. The molecule has 6 nitrogen and oxygen atoms in total. The van der Waals surface area contributed by atoms with Gasteiger partial charge < -0.3 is 10.4 Å². The fourth-order valence-corrected chi connectivity index (χ4v) is 5.39. The average Bonchev–Trinajstić information content (AvgIpc) is 2.86. The van der Waals surface area contributed by atoms with Crippen molar-refractivity contribution in [2.45, 2.75) is 11.0 Å². The quantitative estimate of drug-likeness (QED) is 0.316. The van der Waals surface area contributed by atoms with E-state index in [1.54, 1.807) is 66.9 Å². The summed E-state index contributed by atoms with van der Waals surface area (Å²) in [5.41, 5.74) is 2.36. The predicted octanol–water partition coefficient (Wildman–Crippen LogP) is 5.82. The number of rotatable bonds is 7. The highest BCUT2D eigenvalue weighted by molar-refractivity contribution is 7.91. The van der Waals surface area contributed by atoms with Gasteiger partial charge in [0, 0.05) is 17.4 Å². The third-order valence-corrected chi connectivity index (χ3v) is 7.64. The van der Waals surface area contributed by atoms with Crippen molar-refractivity contribution in [2.75, 3.05) is 11.1 Å². The Morgan fingerprint density at radius 3 is 2.34 bits per heavy atom. The number of nitrogens with one attached hydrogen (secondary N) is 1. The lowest BCUT2D eigenvalue weighted by Gasteiger charge is -2.13. The lowest BCUT2D eigenvalue weighted by atomic mass is 10.1. The van der Waals surface area contributed by atoms with Crippen LogP contribution in [0.3, 0.4) is 0 Å². The zero-order valence-corrected chi connectivity index (χ0v) is 20.6. The van der Waals surface area contributed by atoms with Gasteiger partial charge in [0.1, 0.15) is 0 Å². The first kappa shape index (κ1) is 24.9. The Kier molecular flexibility index (Phi) is 7.52. The van der Waals surface area contributed by atoms with Crippen molar-refractivity contribution in [3.63, 3.8) is 0 Å². The molecule has 9 heteroatoms. The highest BCUT2D eigenvalue weighted by Crippen LogP contribution is 2.30. The normalized spacial score (nSPS) is 12.2. The smallest absolute Gasteiger partial charge is 0.257 e. The van der Waals surface area contributed by atoms with Gasteiger partial charge in [-0.3, -0.25) is 9.78 Å². The maximum absolute atomic E-state index is 12.9. The molecule has 35 heavy (non-hydrogen) atoms. The number of hydrogen-bond donors (Lipinski definition) is 2. The Morgan fingerprint density at radius 1 is 0.914 bits per heavy atom. The van der Waals surface area contributed by atoms with E-state index in [-0.39, 0.29) is 15.5 Å². The Bertz CT molecular complexity index is 1460. The summed E-state index contributed by atoms with van der Waals surface area (Å²) in [6.07, 6.45) is 0.451. The maximum atomic E-state index is 12.9. The van der Waals surface area contributed by atoms with Crippen LogP contribution in [0, 0.1) is 0 Å². The number of pyridine rings is 1. The number of carbonyl (C=O) groups is 1. The van der Waals surface area contributed by atoms with Crippen molar-refractivity contribution < 1.29 is 18.3 Å². The molecule has 0 fully saturated rings. The number of benzene rings is 3. The Morgan fingerprint density at radius 2 is 1.66 bits per heavy atom. The monoisotopic (exact) mass is 526 g/mol. The summed E-state index contributed by atoms with van der Waals surface area (Å²) in [5.74, 6) is -1.03. The molecule has 4 aromatic rings. The van der Waals surface area contributed by atoms with Crippen LogP contribution in [0.2, 0.25) is 10.0 Å². The van der Waals surface area contributed by atoms with Crippen molar-refractivity contribution in [3.8, 4) is 11.3 Å². The van der Waals surface area contributed by atoms with E-state index in [0.717, 1.165) is 0 Å². The van der Waals surface area contributed by atoms with Gasteiger partial charge in [-0.2, -0.15) is 0 Å². The molecule has 4 rings (SSSR count). The molecular weight excluding hydrogens is 507 g/mol. The van der Waals surface area contributed by atoms with Gasteiger partial charge in [0.2, 0.25) is 0 Å². The van der Waals surface area contributed by atoms with Crippen molar-refractivity contribution in [1.29, 1.82) is 0 Å². The molecule has 0 aliphatic heterocycles. The summed E-state index contributed by atoms with van der Waals surface area (Å²) in [5, 5.41) is 13.5. The Hall–Kier alpha value is -3.23. The van der Waals surface area contributed by atoms with E-state index in [1.165, 1.54) is 18.2 Å². The first-order chi connectivity index (χ1) is 16.7. The number of aliphatic hydroxyl groups is 1. The summed E-state index contributed by atoms with van der Waals surface area (Å²) >= 11 is 12.6. The molecule has 1 atom stereocenters. The molecule has 1 heterocycles. The second-order valence-electron chi connectivity index (χ2n) is 7.71. The second kappa shape index (κ2) is 10.6. The summed E-state index contributed by atoms with van der Waals surface area (Å²) in [6.45, 7) is 0. The lowest BCUT2D eigenvalue weighted by Crippen LogP contribution is -2.16. The van der Waals surface area contributed by atoms with Gasteiger partial charge in [-0.05, 0) is 54.1 Å². The third kappa shape index (κ3) is 5.89. The largest absolute Gasteiger partial charge is 0.387 e. The highest BCUT2D eigenvalue weighted by Gasteiger charge is 2.23. The van der Waals surface area contributed by atoms with Gasteiger partial charge in [0.25, 0.3) is 5.91 Å². The van der Waals surface area contributed by atoms with E-state index in [4.69, 9.17) is 23.2 Å². The molecule has 0 saturated carbocycles. The van der Waals surface area contributed by atoms with Crippen LogP contribution in [0.1, 0.15) is 22.0 Å². The molecule has 0 spiro atoms. The van der Waals surface area contributed by atoms with Crippen LogP contribution in [0.25, 0.3) is 11.3 Å². The van der Waals surface area contributed by atoms with Crippen LogP contribution in [-0.4, -0.2) is 30.2 Å². The van der Waals surface area contributed by atoms with Crippen LogP contribution in [0.4, 0.5) is 5.69 Å². The third-order valence-electron chi connectivity index (χ3n) is 5.27. The molecule has 1 aromatic heterocycles. The molecule has 1 unspecified atom stereocenters. The molecule has 0 bridgehead atoms. The fourth-order valence-electron chi connectivity index (χ4n) is 3.47. The van der Waals surface area contributed by atoms with Gasteiger partial charge in [-0.25, -0.2) is 8.42 Å². The van der Waals surface area contributed by atoms with Gasteiger partial charge in [-0.15, -0.1) is 0 Å². The van der Waals surface area contributed by atoms with Gasteiger partial charge in [0.05, 0.1) is 38.1 Å². The number of sulfone groups is 1. The maximum Gasteiger partial charge on any atom is 0.257 e. The van der Waals surface area contributed by atoms with Gasteiger partial charge >= 0.3 is 0 Å². The van der Waals surface area contributed by atoms with Crippen molar-refractivity contribution >= 4 is 44.6 Å². The van der Waals surface area contributed by atoms with E-state index < -0.39 is 27.6 Å². The van der Waals surface area contributed by atoms with Gasteiger partial charge in [0.15, 0.2) is 9.84 Å². The zero-order chi connectivity index (χ0) is 25.0. The van der Waals surface area contributed by atoms with Crippen LogP contribution in [0.15, 0.2) is 96.0 Å². The number of aliphatic hydroxyl groups excluding tert-OH is 1. The fraction of sp³-hybridized carbons (Fsp3) is 0.0769. The van der Waals surface area contributed by atoms with Crippen LogP contribution in [0.5, 0.6) is 0 Å². The zero-order valence-electron chi connectivity index (χ0n) is 18.2. The minimum Gasteiger partial charge on any atom is -0.387 e. The number of nitrogens with zero attached hydrogens (tertiary/aromatic N) is 1. The summed E-state index contributed by atoms with van der Waals surface area (Å²) in [6, 6.07) is 22.8. The van der Waals surface area contributed by atoms with Gasteiger partial charge in [-0.1, -0.05) is 59.6 Å². The first-order valence-corrected chi connectivity index (χ1v) is 12.9. The van der Waals surface area contributed by atoms with Crippen LogP contribution >= 0.6 is 23.2 Å². The number of aromatic nitrogens is 1. The van der Waals surface area contributed by atoms with Crippen molar-refractivity contribution in [2.24, 2.45) is 0 Å². The summed E-state index contributed by atoms with van der Waals surface area (Å²) in [4.78, 5) is 17.1. The average molecular weight is 527 g/mol. The van der Waals surface area contributed by atoms with Crippen molar-refractivity contribution in [1.82, 2.24) is 4.98 Å².